The molecule has 0 atom stereocenters. The topological polar surface area (TPSA) is 82.6 Å². The van der Waals surface area contributed by atoms with Gasteiger partial charge in [0.15, 0.2) is 0 Å². The molecule has 1 aromatic heterocycles. The van der Waals surface area contributed by atoms with Crippen LogP contribution in [0.25, 0.3) is 0 Å². The molecule has 1 N–H and O–H groups in total. The van der Waals surface area contributed by atoms with Crippen LogP contribution in [0.3, 0.4) is 0 Å². The van der Waals surface area contributed by atoms with Gasteiger partial charge in [-0.3, -0.25) is 4.79 Å². The fourth-order valence-corrected chi connectivity index (χ4v) is 6.25. The third-order valence-corrected chi connectivity index (χ3v) is 8.63. The molecule has 0 aliphatic carbocycles. The number of rotatable bonds is 6. The first-order chi connectivity index (χ1) is 15.0. The maximum Gasteiger partial charge on any atom is 0.243 e. The van der Waals surface area contributed by atoms with Crippen molar-refractivity contribution in [3.63, 3.8) is 0 Å². The second kappa shape index (κ2) is 9.58. The zero-order chi connectivity index (χ0) is 23.6. The molecule has 1 saturated heterocycles. The van der Waals surface area contributed by atoms with Gasteiger partial charge >= 0.3 is 0 Å². The Kier molecular flexibility index (Phi) is 7.25. The average molecular weight is 459 g/mol. The molecule has 174 valence electrons. The van der Waals surface area contributed by atoms with Crippen molar-refractivity contribution in [1.29, 1.82) is 0 Å². The Bertz CT molecular complexity index is 1080. The number of amides is 1. The maximum atomic E-state index is 13.4. The number of hydrogen-bond acceptors (Lipinski definition) is 5. The number of aryl methyl sites for hydroxylation is 2. The molecule has 1 aromatic carbocycles. The van der Waals surface area contributed by atoms with Gasteiger partial charge in [-0.1, -0.05) is 6.07 Å². The number of pyridine rings is 1. The number of anilines is 1. The van der Waals surface area contributed by atoms with Gasteiger partial charge in [-0.05, 0) is 80.5 Å². The van der Waals surface area contributed by atoms with Gasteiger partial charge in [0.1, 0.15) is 5.82 Å². The first-order valence-corrected chi connectivity index (χ1v) is 12.4. The summed E-state index contributed by atoms with van der Waals surface area (Å²) < 4.78 is 28.4. The van der Waals surface area contributed by atoms with E-state index in [2.05, 4.69) is 10.3 Å². The first-order valence-electron chi connectivity index (χ1n) is 11.0. The fourth-order valence-electron chi connectivity index (χ4n) is 4.20. The summed E-state index contributed by atoms with van der Waals surface area (Å²) in [5.41, 5.74) is 4.56. The molecule has 1 fully saturated rings. The number of benzene rings is 1. The van der Waals surface area contributed by atoms with Crippen LogP contribution in [0.1, 0.15) is 40.7 Å². The predicted molar refractivity (Wildman–Crippen MR) is 127 cm³/mol. The van der Waals surface area contributed by atoms with Crippen LogP contribution >= 0.6 is 0 Å². The van der Waals surface area contributed by atoms with Gasteiger partial charge in [-0.2, -0.15) is 4.31 Å². The molecular weight excluding hydrogens is 424 g/mol. The van der Waals surface area contributed by atoms with Gasteiger partial charge in [0, 0.05) is 45.8 Å². The number of piperidine rings is 1. The van der Waals surface area contributed by atoms with Crippen LogP contribution in [0.2, 0.25) is 0 Å². The zero-order valence-corrected chi connectivity index (χ0v) is 20.7. The summed E-state index contributed by atoms with van der Waals surface area (Å²) in [7, 11) is 0.253. The highest BCUT2D eigenvalue weighted by atomic mass is 32.2. The van der Waals surface area contributed by atoms with E-state index in [1.807, 2.05) is 64.9 Å². The highest BCUT2D eigenvalue weighted by Gasteiger charge is 2.34. The molecule has 2 heterocycles. The molecule has 0 radical (unpaired) electrons. The molecular formula is C24H34N4O3S. The molecule has 32 heavy (non-hydrogen) atoms. The lowest BCUT2D eigenvalue weighted by molar-refractivity contribution is -0.126. The minimum Gasteiger partial charge on any atom is -0.363 e. The second-order valence-electron chi connectivity index (χ2n) is 8.90. The summed E-state index contributed by atoms with van der Waals surface area (Å²) in [4.78, 5) is 19.3. The van der Waals surface area contributed by atoms with E-state index in [0.29, 0.717) is 37.4 Å². The molecule has 7 nitrogen and oxygen atoms in total. The number of sulfonamides is 1. The number of aromatic nitrogens is 1. The molecule has 0 spiro atoms. The molecule has 1 aliphatic rings. The summed E-state index contributed by atoms with van der Waals surface area (Å²) in [5.74, 6) is 0.634. The lowest BCUT2D eigenvalue weighted by Gasteiger charge is -2.32. The highest BCUT2D eigenvalue weighted by Crippen LogP contribution is 2.31. The normalized spacial score (nSPS) is 15.6. The van der Waals surface area contributed by atoms with E-state index >= 15 is 0 Å². The molecule has 8 heteroatoms. The first kappa shape index (κ1) is 24.2. The van der Waals surface area contributed by atoms with Crippen LogP contribution in [-0.2, 0) is 21.4 Å². The maximum absolute atomic E-state index is 13.4. The Labute approximate surface area is 191 Å². The summed E-state index contributed by atoms with van der Waals surface area (Å²) in [6.45, 7) is 8.77. The number of hydrogen-bond donors (Lipinski definition) is 1. The average Bonchev–Trinajstić information content (AvgIpc) is 2.76. The van der Waals surface area contributed by atoms with Crippen molar-refractivity contribution in [1.82, 2.24) is 14.6 Å². The van der Waals surface area contributed by atoms with E-state index in [4.69, 9.17) is 0 Å². The van der Waals surface area contributed by atoms with Crippen LogP contribution in [0, 0.1) is 33.6 Å². The number of nitrogens with one attached hydrogen (secondary N) is 1. The second-order valence-corrected chi connectivity index (χ2v) is 10.8. The monoisotopic (exact) mass is 458 g/mol. The minimum atomic E-state index is -3.60. The molecule has 0 bridgehead atoms. The molecule has 2 aromatic rings. The Hall–Kier alpha value is -2.45. The van der Waals surface area contributed by atoms with E-state index in [9.17, 15) is 13.2 Å². The van der Waals surface area contributed by atoms with E-state index in [-0.39, 0.29) is 11.8 Å². The summed E-state index contributed by atoms with van der Waals surface area (Å²) >= 11 is 0. The fraction of sp³-hybridized carbons (Fsp3) is 0.500. The van der Waals surface area contributed by atoms with E-state index in [1.54, 1.807) is 6.20 Å². The standard InChI is InChI=1S/C24H34N4O3S/c1-16-13-17(2)19(4)23(18(16)3)32(30,31)28-11-8-21(9-12-28)24(29)26-15-20-7-10-25-22(14-20)27(5)6/h7,10,13-14,21H,8-9,11-12,15H2,1-6H3,(H,26,29). The lowest BCUT2D eigenvalue weighted by Crippen LogP contribution is -2.43. The molecule has 0 saturated carbocycles. The quantitative estimate of drug-likeness (QED) is 0.719. The van der Waals surface area contributed by atoms with Gasteiger partial charge in [-0.25, -0.2) is 13.4 Å². The lowest BCUT2D eigenvalue weighted by atomic mass is 9.97. The SMILES string of the molecule is Cc1cc(C)c(C)c(S(=O)(=O)N2CCC(C(=O)NCc3ccnc(N(C)C)c3)CC2)c1C. The van der Waals surface area contributed by atoms with E-state index < -0.39 is 10.0 Å². The van der Waals surface area contributed by atoms with Gasteiger partial charge < -0.3 is 10.2 Å². The minimum absolute atomic E-state index is 0.0241. The van der Waals surface area contributed by atoms with Crippen molar-refractivity contribution in [2.24, 2.45) is 5.92 Å². The van der Waals surface area contributed by atoms with Crippen molar-refractivity contribution >= 4 is 21.7 Å². The van der Waals surface area contributed by atoms with Crippen molar-refractivity contribution in [2.45, 2.75) is 52.0 Å². The van der Waals surface area contributed by atoms with Gasteiger partial charge in [0.25, 0.3) is 0 Å². The molecule has 1 aliphatic heterocycles. The third-order valence-electron chi connectivity index (χ3n) is 6.45. The van der Waals surface area contributed by atoms with Crippen molar-refractivity contribution in [3.05, 3.63) is 52.2 Å². The zero-order valence-electron chi connectivity index (χ0n) is 19.9. The van der Waals surface area contributed by atoms with Gasteiger partial charge in [0.2, 0.25) is 15.9 Å². The number of nitrogens with zero attached hydrogens (tertiary/aromatic N) is 3. The summed E-state index contributed by atoms with van der Waals surface area (Å²) in [6, 6.07) is 5.87. The highest BCUT2D eigenvalue weighted by molar-refractivity contribution is 7.89. The van der Waals surface area contributed by atoms with Crippen LogP contribution in [0.4, 0.5) is 5.82 Å². The van der Waals surface area contributed by atoms with Crippen LogP contribution in [0.15, 0.2) is 29.3 Å². The Morgan fingerprint density at radius 2 is 1.69 bits per heavy atom. The van der Waals surface area contributed by atoms with Gasteiger partial charge in [-0.15, -0.1) is 0 Å². The number of carbonyl (C=O) groups is 1. The largest absolute Gasteiger partial charge is 0.363 e. The van der Waals surface area contributed by atoms with Crippen molar-refractivity contribution in [3.8, 4) is 0 Å². The summed E-state index contributed by atoms with van der Waals surface area (Å²) in [5, 5.41) is 3.00. The van der Waals surface area contributed by atoms with E-state index in [0.717, 1.165) is 33.6 Å². The predicted octanol–water partition coefficient (Wildman–Crippen LogP) is 3.10. The third kappa shape index (κ3) is 4.96. The summed E-state index contributed by atoms with van der Waals surface area (Å²) in [6.07, 6.45) is 2.78. The Balaban J connectivity index is 1.64. The van der Waals surface area contributed by atoms with Crippen LogP contribution in [-0.4, -0.2) is 50.8 Å². The molecule has 0 unspecified atom stereocenters. The van der Waals surface area contributed by atoms with E-state index in [1.165, 1.54) is 4.31 Å². The molecule has 1 amide bonds. The van der Waals surface area contributed by atoms with Crippen LogP contribution < -0.4 is 10.2 Å². The van der Waals surface area contributed by atoms with Crippen molar-refractivity contribution in [2.75, 3.05) is 32.1 Å². The molecule has 3 rings (SSSR count). The smallest absolute Gasteiger partial charge is 0.243 e. The van der Waals surface area contributed by atoms with Crippen molar-refractivity contribution < 1.29 is 13.2 Å². The number of carbonyl (C=O) groups excluding carboxylic acids is 1. The Morgan fingerprint density at radius 1 is 1.09 bits per heavy atom. The Morgan fingerprint density at radius 3 is 2.25 bits per heavy atom. The van der Waals surface area contributed by atoms with Crippen LogP contribution in [0.5, 0.6) is 0 Å². The van der Waals surface area contributed by atoms with Gasteiger partial charge in [0.05, 0.1) is 4.90 Å².